The van der Waals surface area contributed by atoms with E-state index in [0.29, 0.717) is 24.5 Å². The van der Waals surface area contributed by atoms with Gasteiger partial charge >= 0.3 is 0 Å². The lowest BCUT2D eigenvalue weighted by Crippen LogP contribution is -2.27. The average Bonchev–Trinajstić information content (AvgIpc) is 3.10. The Morgan fingerprint density at radius 2 is 1.87 bits per heavy atom. The van der Waals surface area contributed by atoms with E-state index in [9.17, 15) is 12.8 Å². The number of sulfonamides is 1. The molecule has 0 atom stereocenters. The SMILES string of the molecule is O=S(=O)(c1ccc(NCc2ccccc2F)nc1)N1CCCC1. The predicted molar refractivity (Wildman–Crippen MR) is 86.0 cm³/mol. The van der Waals surface area contributed by atoms with Crippen LogP contribution in [0.25, 0.3) is 0 Å². The Morgan fingerprint density at radius 1 is 1.13 bits per heavy atom. The van der Waals surface area contributed by atoms with Gasteiger partial charge < -0.3 is 5.32 Å². The van der Waals surface area contributed by atoms with Crippen LogP contribution < -0.4 is 5.32 Å². The van der Waals surface area contributed by atoms with Crippen molar-refractivity contribution in [3.05, 3.63) is 54.0 Å². The normalized spacial score (nSPS) is 15.7. The van der Waals surface area contributed by atoms with Crippen LogP contribution in [0.2, 0.25) is 0 Å². The Bertz CT molecular complexity index is 772. The molecule has 1 aromatic heterocycles. The zero-order valence-electron chi connectivity index (χ0n) is 12.6. The van der Waals surface area contributed by atoms with Gasteiger partial charge in [0.25, 0.3) is 0 Å². The van der Waals surface area contributed by atoms with Crippen LogP contribution in [-0.2, 0) is 16.6 Å². The fraction of sp³-hybridized carbons (Fsp3) is 0.312. The monoisotopic (exact) mass is 335 g/mol. The van der Waals surface area contributed by atoms with E-state index in [2.05, 4.69) is 10.3 Å². The second-order valence-electron chi connectivity index (χ2n) is 5.44. The zero-order valence-corrected chi connectivity index (χ0v) is 13.4. The molecule has 5 nitrogen and oxygen atoms in total. The number of hydrogen-bond acceptors (Lipinski definition) is 4. The van der Waals surface area contributed by atoms with Gasteiger partial charge in [0.2, 0.25) is 10.0 Å². The van der Waals surface area contributed by atoms with Crippen LogP contribution in [0.1, 0.15) is 18.4 Å². The second kappa shape index (κ2) is 6.64. The van der Waals surface area contributed by atoms with Gasteiger partial charge in [-0.2, -0.15) is 4.31 Å². The van der Waals surface area contributed by atoms with Crippen molar-refractivity contribution in [3.8, 4) is 0 Å². The summed E-state index contributed by atoms with van der Waals surface area (Å²) in [6.45, 7) is 1.42. The number of hydrogen-bond donors (Lipinski definition) is 1. The Morgan fingerprint density at radius 3 is 2.52 bits per heavy atom. The van der Waals surface area contributed by atoms with Gasteiger partial charge in [0.15, 0.2) is 0 Å². The highest BCUT2D eigenvalue weighted by Gasteiger charge is 2.27. The van der Waals surface area contributed by atoms with E-state index in [-0.39, 0.29) is 17.3 Å². The lowest BCUT2D eigenvalue weighted by Gasteiger charge is -2.15. The Hall–Kier alpha value is -1.99. The average molecular weight is 335 g/mol. The lowest BCUT2D eigenvalue weighted by molar-refractivity contribution is 0.477. The third kappa shape index (κ3) is 3.51. The molecule has 0 radical (unpaired) electrons. The second-order valence-corrected chi connectivity index (χ2v) is 7.37. The van der Waals surface area contributed by atoms with Gasteiger partial charge in [-0.25, -0.2) is 17.8 Å². The first-order valence-corrected chi connectivity index (χ1v) is 8.95. The number of pyridine rings is 1. The molecular formula is C16H18FN3O2S. The van der Waals surface area contributed by atoms with Crippen molar-refractivity contribution in [3.63, 3.8) is 0 Å². The molecule has 0 unspecified atom stereocenters. The lowest BCUT2D eigenvalue weighted by atomic mass is 10.2. The van der Waals surface area contributed by atoms with Crippen LogP contribution in [0.3, 0.4) is 0 Å². The van der Waals surface area contributed by atoms with Gasteiger partial charge in [-0.3, -0.25) is 0 Å². The van der Waals surface area contributed by atoms with Crippen LogP contribution in [0.15, 0.2) is 47.5 Å². The van der Waals surface area contributed by atoms with Gasteiger partial charge in [-0.1, -0.05) is 18.2 Å². The van der Waals surface area contributed by atoms with Gasteiger partial charge in [0.1, 0.15) is 16.5 Å². The minimum Gasteiger partial charge on any atom is -0.366 e. The van der Waals surface area contributed by atoms with Crippen molar-refractivity contribution in [1.29, 1.82) is 0 Å². The molecule has 0 aliphatic carbocycles. The summed E-state index contributed by atoms with van der Waals surface area (Å²) in [6.07, 6.45) is 3.14. The molecule has 1 saturated heterocycles. The zero-order chi connectivity index (χ0) is 16.3. The van der Waals surface area contributed by atoms with E-state index in [1.807, 2.05) is 0 Å². The molecule has 7 heteroatoms. The van der Waals surface area contributed by atoms with Crippen LogP contribution in [-0.4, -0.2) is 30.8 Å². The van der Waals surface area contributed by atoms with E-state index in [1.54, 1.807) is 24.3 Å². The summed E-state index contributed by atoms with van der Waals surface area (Å²) in [4.78, 5) is 4.31. The van der Waals surface area contributed by atoms with Crippen molar-refractivity contribution in [2.75, 3.05) is 18.4 Å². The summed E-state index contributed by atoms with van der Waals surface area (Å²) in [6, 6.07) is 9.62. The molecule has 1 aromatic carbocycles. The van der Waals surface area contributed by atoms with Gasteiger partial charge in [-0.15, -0.1) is 0 Å². The van der Waals surface area contributed by atoms with Crippen LogP contribution in [0.5, 0.6) is 0 Å². The molecule has 1 fully saturated rings. The summed E-state index contributed by atoms with van der Waals surface area (Å²) in [7, 11) is -3.45. The highest BCUT2D eigenvalue weighted by molar-refractivity contribution is 7.89. The van der Waals surface area contributed by atoms with Gasteiger partial charge in [0, 0.05) is 31.4 Å². The number of nitrogens with one attached hydrogen (secondary N) is 1. The van der Waals surface area contributed by atoms with E-state index in [1.165, 1.54) is 22.6 Å². The molecule has 0 saturated carbocycles. The largest absolute Gasteiger partial charge is 0.366 e. The van der Waals surface area contributed by atoms with E-state index in [0.717, 1.165) is 12.8 Å². The molecule has 2 aromatic rings. The number of aromatic nitrogens is 1. The fourth-order valence-electron chi connectivity index (χ4n) is 2.54. The quantitative estimate of drug-likeness (QED) is 0.912. The molecule has 1 aliphatic heterocycles. The molecule has 0 spiro atoms. The van der Waals surface area contributed by atoms with Crippen molar-refractivity contribution in [2.45, 2.75) is 24.3 Å². The molecule has 1 N–H and O–H groups in total. The van der Waals surface area contributed by atoms with Crippen molar-refractivity contribution < 1.29 is 12.8 Å². The molecule has 1 aliphatic rings. The third-order valence-corrected chi connectivity index (χ3v) is 5.74. The first kappa shape index (κ1) is 15.9. The third-order valence-electron chi connectivity index (χ3n) is 3.86. The highest BCUT2D eigenvalue weighted by atomic mass is 32.2. The minimum atomic E-state index is -3.45. The Balaban J connectivity index is 1.69. The molecule has 0 bridgehead atoms. The van der Waals surface area contributed by atoms with E-state index < -0.39 is 10.0 Å². The summed E-state index contributed by atoms with van der Waals surface area (Å²) in [5, 5.41) is 2.99. The maximum atomic E-state index is 13.5. The number of halogens is 1. The molecule has 3 rings (SSSR count). The van der Waals surface area contributed by atoms with Crippen LogP contribution in [0.4, 0.5) is 10.2 Å². The highest BCUT2D eigenvalue weighted by Crippen LogP contribution is 2.21. The number of rotatable bonds is 5. The van der Waals surface area contributed by atoms with Crippen molar-refractivity contribution in [1.82, 2.24) is 9.29 Å². The first-order chi connectivity index (χ1) is 11.1. The smallest absolute Gasteiger partial charge is 0.244 e. The van der Waals surface area contributed by atoms with Gasteiger partial charge in [-0.05, 0) is 31.0 Å². The number of anilines is 1. The van der Waals surface area contributed by atoms with Gasteiger partial charge in [0.05, 0.1) is 0 Å². The van der Waals surface area contributed by atoms with Crippen molar-refractivity contribution >= 4 is 15.8 Å². The number of benzene rings is 1. The van der Waals surface area contributed by atoms with Crippen LogP contribution >= 0.6 is 0 Å². The van der Waals surface area contributed by atoms with Crippen molar-refractivity contribution in [2.24, 2.45) is 0 Å². The molecule has 2 heterocycles. The molecular weight excluding hydrogens is 317 g/mol. The van der Waals surface area contributed by atoms with E-state index >= 15 is 0 Å². The Kier molecular flexibility index (Phi) is 4.58. The predicted octanol–water partition coefficient (Wildman–Crippen LogP) is 2.62. The summed E-state index contributed by atoms with van der Waals surface area (Å²) < 4.78 is 39.8. The summed E-state index contributed by atoms with van der Waals surface area (Å²) >= 11 is 0. The topological polar surface area (TPSA) is 62.3 Å². The molecule has 122 valence electrons. The standard InChI is InChI=1S/C16H18FN3O2S/c17-15-6-2-1-5-13(15)11-18-16-8-7-14(12-19-16)23(21,22)20-9-3-4-10-20/h1-2,5-8,12H,3-4,9-11H2,(H,18,19). The number of nitrogens with zero attached hydrogens (tertiary/aromatic N) is 2. The fourth-order valence-corrected chi connectivity index (χ4v) is 4.01. The minimum absolute atomic E-state index is 0.191. The Labute approximate surface area is 135 Å². The first-order valence-electron chi connectivity index (χ1n) is 7.51. The maximum absolute atomic E-state index is 13.5. The van der Waals surface area contributed by atoms with E-state index in [4.69, 9.17) is 0 Å². The molecule has 23 heavy (non-hydrogen) atoms. The maximum Gasteiger partial charge on any atom is 0.244 e. The van der Waals surface area contributed by atoms with Crippen LogP contribution in [0, 0.1) is 5.82 Å². The molecule has 0 amide bonds. The summed E-state index contributed by atoms with van der Waals surface area (Å²) in [5.41, 5.74) is 0.531. The summed E-state index contributed by atoms with van der Waals surface area (Å²) in [5.74, 6) is 0.224.